The van der Waals surface area contributed by atoms with Crippen molar-refractivity contribution in [3.05, 3.63) is 59.7 Å². The quantitative estimate of drug-likeness (QED) is 0.561. The first kappa shape index (κ1) is 20.4. The average Bonchev–Trinajstić information content (AvgIpc) is 2.66. The summed E-state index contributed by atoms with van der Waals surface area (Å²) in [6, 6.07) is 14.1. The molecule has 0 aliphatic heterocycles. The molecule has 7 heteroatoms. The Labute approximate surface area is 163 Å². The third kappa shape index (κ3) is 6.71. The van der Waals surface area contributed by atoms with Gasteiger partial charge in [-0.3, -0.25) is 10.1 Å². The summed E-state index contributed by atoms with van der Waals surface area (Å²) in [5.74, 6) is -0.0831. The number of rotatable bonds is 7. The number of amides is 1. The summed E-state index contributed by atoms with van der Waals surface area (Å²) in [6.45, 7) is 4.08. The molecule has 0 saturated heterocycles. The second kappa shape index (κ2) is 10.3. The molecule has 2 N–H and O–H groups in total. The van der Waals surface area contributed by atoms with Crippen LogP contribution in [0.5, 0.6) is 5.75 Å². The van der Waals surface area contributed by atoms with E-state index in [1.165, 1.54) is 0 Å². The zero-order chi connectivity index (χ0) is 19.6. The number of hydrogen-bond acceptors (Lipinski definition) is 5. The normalized spacial score (nSPS) is 10.0. The monoisotopic (exact) mass is 386 g/mol. The number of anilines is 1. The highest BCUT2D eigenvalue weighted by Gasteiger charge is 2.09. The van der Waals surface area contributed by atoms with E-state index in [1.807, 2.05) is 32.0 Å². The molecule has 27 heavy (non-hydrogen) atoms. The lowest BCUT2D eigenvalue weighted by Gasteiger charge is -2.11. The second-order valence-corrected chi connectivity index (χ2v) is 6.18. The third-order valence-electron chi connectivity index (χ3n) is 3.52. The summed E-state index contributed by atoms with van der Waals surface area (Å²) in [6.07, 6.45) is 0.771. The van der Waals surface area contributed by atoms with Gasteiger partial charge in [0.1, 0.15) is 5.75 Å². The Morgan fingerprint density at radius 2 is 1.78 bits per heavy atom. The number of ether oxygens (including phenoxy) is 2. The van der Waals surface area contributed by atoms with Gasteiger partial charge < -0.3 is 14.8 Å². The van der Waals surface area contributed by atoms with E-state index in [-0.39, 0.29) is 23.6 Å². The molecule has 0 bridgehead atoms. The molecule has 0 radical (unpaired) electrons. The standard InChI is InChI=1S/C20H22N2O4S/c1-3-12-25-19(24)15-8-10-16(11-9-15)21-20(27)22-18(23)13-26-17-7-5-4-6-14(17)2/h4-11H,3,12-13H2,1-2H3,(H2,21,22,23,27). The minimum absolute atomic E-state index is 0.144. The Kier molecular flexibility index (Phi) is 7.76. The van der Waals surface area contributed by atoms with Crippen LogP contribution in [0.1, 0.15) is 29.3 Å². The van der Waals surface area contributed by atoms with Crippen molar-refractivity contribution >= 4 is 34.9 Å². The number of carbonyl (C=O) groups is 2. The summed E-state index contributed by atoms with van der Waals surface area (Å²) >= 11 is 5.12. The zero-order valence-electron chi connectivity index (χ0n) is 15.3. The predicted octanol–water partition coefficient (Wildman–Crippen LogP) is 3.45. The molecule has 0 aromatic heterocycles. The van der Waals surface area contributed by atoms with Gasteiger partial charge in [-0.2, -0.15) is 0 Å². The fourth-order valence-electron chi connectivity index (χ4n) is 2.15. The molecule has 6 nitrogen and oxygen atoms in total. The topological polar surface area (TPSA) is 76.7 Å². The van der Waals surface area contributed by atoms with Crippen LogP contribution >= 0.6 is 12.2 Å². The van der Waals surface area contributed by atoms with Crippen LogP contribution in [0.3, 0.4) is 0 Å². The first-order valence-electron chi connectivity index (χ1n) is 8.56. The van der Waals surface area contributed by atoms with Gasteiger partial charge in [-0.15, -0.1) is 0 Å². The maximum absolute atomic E-state index is 11.9. The molecule has 142 valence electrons. The number of hydrogen-bond donors (Lipinski definition) is 2. The Morgan fingerprint density at radius 3 is 2.44 bits per heavy atom. The van der Waals surface area contributed by atoms with Crippen molar-refractivity contribution in [3.63, 3.8) is 0 Å². The molecule has 0 fully saturated rings. The summed E-state index contributed by atoms with van der Waals surface area (Å²) in [4.78, 5) is 23.7. The highest BCUT2D eigenvalue weighted by Crippen LogP contribution is 2.15. The maximum atomic E-state index is 11.9. The van der Waals surface area contributed by atoms with Crippen molar-refractivity contribution < 1.29 is 19.1 Å². The van der Waals surface area contributed by atoms with Crippen molar-refractivity contribution in [2.75, 3.05) is 18.5 Å². The summed E-state index contributed by atoms with van der Waals surface area (Å²) in [5.41, 5.74) is 2.05. The van der Waals surface area contributed by atoms with Gasteiger partial charge in [-0.05, 0) is 61.5 Å². The van der Waals surface area contributed by atoms with E-state index >= 15 is 0 Å². The largest absolute Gasteiger partial charge is 0.483 e. The van der Waals surface area contributed by atoms with Crippen molar-refractivity contribution in [2.45, 2.75) is 20.3 Å². The molecule has 0 saturated carbocycles. The Balaban J connectivity index is 1.80. The number of esters is 1. The number of nitrogens with one attached hydrogen (secondary N) is 2. The lowest BCUT2D eigenvalue weighted by atomic mass is 10.2. The van der Waals surface area contributed by atoms with Gasteiger partial charge in [0, 0.05) is 5.69 Å². The summed E-state index contributed by atoms with van der Waals surface area (Å²) < 4.78 is 10.5. The van der Waals surface area contributed by atoms with E-state index < -0.39 is 0 Å². The second-order valence-electron chi connectivity index (χ2n) is 5.77. The lowest BCUT2D eigenvalue weighted by molar-refractivity contribution is -0.121. The van der Waals surface area contributed by atoms with Gasteiger partial charge in [-0.25, -0.2) is 4.79 Å². The van der Waals surface area contributed by atoms with Gasteiger partial charge in [-0.1, -0.05) is 25.1 Å². The molecular formula is C20H22N2O4S. The van der Waals surface area contributed by atoms with Gasteiger partial charge >= 0.3 is 5.97 Å². The van der Waals surface area contributed by atoms with Crippen molar-refractivity contribution in [1.82, 2.24) is 5.32 Å². The zero-order valence-corrected chi connectivity index (χ0v) is 16.1. The van der Waals surface area contributed by atoms with E-state index in [0.29, 0.717) is 23.6 Å². The van der Waals surface area contributed by atoms with E-state index in [0.717, 1.165) is 12.0 Å². The van der Waals surface area contributed by atoms with Gasteiger partial charge in [0.15, 0.2) is 11.7 Å². The SMILES string of the molecule is CCCOC(=O)c1ccc(NC(=S)NC(=O)COc2ccccc2C)cc1. The molecule has 0 atom stereocenters. The first-order valence-corrected chi connectivity index (χ1v) is 8.97. The molecule has 2 aromatic carbocycles. The minimum Gasteiger partial charge on any atom is -0.483 e. The minimum atomic E-state index is -0.368. The number of carbonyl (C=O) groups excluding carboxylic acids is 2. The maximum Gasteiger partial charge on any atom is 0.338 e. The highest BCUT2D eigenvalue weighted by molar-refractivity contribution is 7.80. The van der Waals surface area contributed by atoms with Crippen LogP contribution in [0.15, 0.2) is 48.5 Å². The van der Waals surface area contributed by atoms with Crippen LogP contribution in [0.4, 0.5) is 5.69 Å². The molecule has 0 unspecified atom stereocenters. The third-order valence-corrected chi connectivity index (χ3v) is 3.73. The van der Waals surface area contributed by atoms with Crippen molar-refractivity contribution in [1.29, 1.82) is 0 Å². The summed E-state index contributed by atoms with van der Waals surface area (Å²) in [5, 5.41) is 5.58. The Hall–Kier alpha value is -2.93. The fraction of sp³-hybridized carbons (Fsp3) is 0.250. The Bertz CT molecular complexity index is 806. The van der Waals surface area contributed by atoms with E-state index in [2.05, 4.69) is 10.6 Å². The molecular weight excluding hydrogens is 364 g/mol. The van der Waals surface area contributed by atoms with Gasteiger partial charge in [0.2, 0.25) is 0 Å². The van der Waals surface area contributed by atoms with Crippen LogP contribution < -0.4 is 15.4 Å². The summed E-state index contributed by atoms with van der Waals surface area (Å²) in [7, 11) is 0. The molecule has 0 aliphatic carbocycles. The molecule has 0 aliphatic rings. The first-order chi connectivity index (χ1) is 13.0. The van der Waals surface area contributed by atoms with Gasteiger partial charge in [0.25, 0.3) is 5.91 Å². The smallest absolute Gasteiger partial charge is 0.338 e. The average molecular weight is 386 g/mol. The van der Waals surface area contributed by atoms with Crippen LogP contribution in [0, 0.1) is 6.92 Å². The number of para-hydroxylation sites is 1. The van der Waals surface area contributed by atoms with Crippen LogP contribution in [0.25, 0.3) is 0 Å². The van der Waals surface area contributed by atoms with Gasteiger partial charge in [0.05, 0.1) is 12.2 Å². The van der Waals surface area contributed by atoms with Crippen LogP contribution in [0.2, 0.25) is 0 Å². The van der Waals surface area contributed by atoms with E-state index in [4.69, 9.17) is 21.7 Å². The predicted molar refractivity (Wildman–Crippen MR) is 108 cm³/mol. The number of thiocarbonyl (C=S) groups is 1. The highest BCUT2D eigenvalue weighted by atomic mass is 32.1. The van der Waals surface area contributed by atoms with Crippen LogP contribution in [-0.4, -0.2) is 30.2 Å². The fourth-order valence-corrected chi connectivity index (χ4v) is 2.39. The van der Waals surface area contributed by atoms with E-state index in [9.17, 15) is 9.59 Å². The molecule has 2 rings (SSSR count). The van der Waals surface area contributed by atoms with Crippen molar-refractivity contribution in [2.24, 2.45) is 0 Å². The number of benzene rings is 2. The Morgan fingerprint density at radius 1 is 1.07 bits per heavy atom. The van der Waals surface area contributed by atoms with Crippen molar-refractivity contribution in [3.8, 4) is 5.75 Å². The molecule has 2 aromatic rings. The van der Waals surface area contributed by atoms with E-state index in [1.54, 1.807) is 30.3 Å². The molecule has 1 amide bonds. The lowest BCUT2D eigenvalue weighted by Crippen LogP contribution is -2.37. The number of aryl methyl sites for hydroxylation is 1. The molecule has 0 heterocycles. The molecule has 0 spiro atoms. The van der Waals surface area contributed by atoms with Crippen LogP contribution in [-0.2, 0) is 9.53 Å².